The minimum absolute atomic E-state index is 0.00867. The molecule has 0 aliphatic rings. The largest absolute Gasteiger partial charge is 0.496 e. The molecule has 2 heterocycles. The first kappa shape index (κ1) is 17.7. The predicted molar refractivity (Wildman–Crippen MR) is 101 cm³/mol. The number of benzene rings is 1. The van der Waals surface area contributed by atoms with Crippen molar-refractivity contribution in [3.05, 3.63) is 54.0 Å². The van der Waals surface area contributed by atoms with Crippen molar-refractivity contribution in [1.29, 1.82) is 0 Å². The van der Waals surface area contributed by atoms with Crippen molar-refractivity contribution in [3.8, 4) is 5.75 Å². The number of rotatable bonds is 5. The average molecular weight is 353 g/mol. The first-order valence-electron chi connectivity index (χ1n) is 8.47. The van der Waals surface area contributed by atoms with Gasteiger partial charge >= 0.3 is 6.03 Å². The number of fused-ring (bicyclic) bond motifs is 1. The molecule has 0 unspecified atom stereocenters. The van der Waals surface area contributed by atoms with Crippen LogP contribution in [-0.4, -0.2) is 45.7 Å². The summed E-state index contributed by atoms with van der Waals surface area (Å²) in [6.07, 6.45) is 2.50. The van der Waals surface area contributed by atoms with Crippen molar-refractivity contribution in [3.63, 3.8) is 0 Å². The van der Waals surface area contributed by atoms with E-state index in [1.165, 1.54) is 0 Å². The van der Waals surface area contributed by atoms with Crippen molar-refractivity contribution in [2.45, 2.75) is 26.3 Å². The zero-order chi connectivity index (χ0) is 18.7. The molecule has 1 atom stereocenters. The van der Waals surface area contributed by atoms with E-state index in [1.54, 1.807) is 29.8 Å². The Morgan fingerprint density at radius 3 is 2.85 bits per heavy atom. The second kappa shape index (κ2) is 7.43. The number of ether oxygens (including phenoxy) is 1. The monoisotopic (exact) mass is 353 g/mol. The number of likely N-dealkylation sites (N-methyl/N-ethyl adjacent to an activating group) is 1. The lowest BCUT2D eigenvalue weighted by Crippen LogP contribution is -2.39. The summed E-state index contributed by atoms with van der Waals surface area (Å²) >= 11 is 0. The van der Waals surface area contributed by atoms with E-state index in [2.05, 4.69) is 15.4 Å². The fraction of sp³-hybridized carbons (Fsp3) is 0.316. The van der Waals surface area contributed by atoms with Crippen LogP contribution in [0.15, 0.2) is 42.6 Å². The number of hydrogen-bond donors (Lipinski definition) is 1. The number of nitrogens with zero attached hydrogens (tertiary/aromatic N) is 4. The van der Waals surface area contributed by atoms with Gasteiger partial charge in [-0.2, -0.15) is 5.10 Å². The lowest BCUT2D eigenvalue weighted by Gasteiger charge is -2.26. The van der Waals surface area contributed by atoms with Crippen molar-refractivity contribution >= 4 is 17.4 Å². The number of pyridine rings is 1. The van der Waals surface area contributed by atoms with Crippen LogP contribution in [0.3, 0.4) is 0 Å². The van der Waals surface area contributed by atoms with E-state index < -0.39 is 0 Å². The average Bonchev–Trinajstić information content (AvgIpc) is 3.02. The molecular weight excluding hydrogens is 330 g/mol. The van der Waals surface area contributed by atoms with Gasteiger partial charge in [-0.05, 0) is 44.0 Å². The van der Waals surface area contributed by atoms with Gasteiger partial charge in [0.1, 0.15) is 11.6 Å². The van der Waals surface area contributed by atoms with Crippen LogP contribution in [0.4, 0.5) is 10.5 Å². The summed E-state index contributed by atoms with van der Waals surface area (Å²) in [5.41, 5.74) is 2.33. The number of aryl methyl sites for hydroxylation is 1. The summed E-state index contributed by atoms with van der Waals surface area (Å²) in [4.78, 5) is 18.7. The van der Waals surface area contributed by atoms with Crippen molar-refractivity contribution < 1.29 is 9.53 Å². The smallest absolute Gasteiger partial charge is 0.321 e. The fourth-order valence-corrected chi connectivity index (χ4v) is 2.84. The minimum atomic E-state index is -0.193. The molecule has 0 aliphatic heterocycles. The van der Waals surface area contributed by atoms with E-state index in [0.29, 0.717) is 23.6 Å². The Labute approximate surface area is 152 Å². The number of hydrogen-bond acceptors (Lipinski definition) is 4. The first-order valence-corrected chi connectivity index (χ1v) is 8.47. The van der Waals surface area contributed by atoms with Gasteiger partial charge in [0, 0.05) is 19.3 Å². The zero-order valence-corrected chi connectivity index (χ0v) is 15.4. The molecule has 3 aromatic rings. The summed E-state index contributed by atoms with van der Waals surface area (Å²) in [6, 6.07) is 11.3. The maximum atomic E-state index is 12.7. The minimum Gasteiger partial charge on any atom is -0.496 e. The second-order valence-corrected chi connectivity index (χ2v) is 6.26. The number of nitrogens with one attached hydrogen (secondary N) is 1. The predicted octanol–water partition coefficient (Wildman–Crippen LogP) is 3.14. The first-order chi connectivity index (χ1) is 12.5. The lowest BCUT2D eigenvalue weighted by molar-refractivity contribution is 0.207. The molecule has 1 aromatic carbocycles. The summed E-state index contributed by atoms with van der Waals surface area (Å²) < 4.78 is 7.05. The van der Waals surface area contributed by atoms with Gasteiger partial charge in [0.05, 0.1) is 12.8 Å². The van der Waals surface area contributed by atoms with Crippen molar-refractivity contribution in [1.82, 2.24) is 19.5 Å². The highest BCUT2D eigenvalue weighted by molar-refractivity contribution is 5.93. The molecule has 136 valence electrons. The highest BCUT2D eigenvalue weighted by Crippen LogP contribution is 2.21. The summed E-state index contributed by atoms with van der Waals surface area (Å²) in [5.74, 6) is 1.49. The van der Waals surface area contributed by atoms with Crippen LogP contribution in [0.1, 0.15) is 18.3 Å². The Kier molecular flexibility index (Phi) is 5.06. The van der Waals surface area contributed by atoms with Gasteiger partial charge < -0.3 is 15.0 Å². The maximum absolute atomic E-state index is 12.7. The number of anilines is 1. The van der Waals surface area contributed by atoms with Crippen molar-refractivity contribution in [2.24, 2.45) is 0 Å². The molecule has 3 rings (SSSR count). The van der Waals surface area contributed by atoms with Gasteiger partial charge in [-0.1, -0.05) is 18.2 Å². The van der Waals surface area contributed by atoms with Gasteiger partial charge in [0.2, 0.25) is 0 Å². The van der Waals surface area contributed by atoms with E-state index in [1.807, 2.05) is 50.2 Å². The van der Waals surface area contributed by atoms with Gasteiger partial charge in [-0.3, -0.25) is 0 Å². The highest BCUT2D eigenvalue weighted by atomic mass is 16.5. The Morgan fingerprint density at radius 1 is 1.31 bits per heavy atom. The molecule has 0 saturated carbocycles. The summed E-state index contributed by atoms with van der Waals surface area (Å²) in [6.45, 7) is 3.83. The number of amides is 2. The van der Waals surface area contributed by atoms with E-state index in [9.17, 15) is 4.79 Å². The number of carbonyl (C=O) groups excluding carboxylic acids is 1. The summed E-state index contributed by atoms with van der Waals surface area (Å²) in [5, 5.41) is 7.19. The topological polar surface area (TPSA) is 71.8 Å². The Hall–Kier alpha value is -3.09. The third-order valence-electron chi connectivity index (χ3n) is 4.40. The molecule has 26 heavy (non-hydrogen) atoms. The van der Waals surface area contributed by atoms with Gasteiger partial charge in [-0.25, -0.2) is 14.3 Å². The van der Waals surface area contributed by atoms with E-state index >= 15 is 0 Å². The van der Waals surface area contributed by atoms with Crippen molar-refractivity contribution in [2.75, 3.05) is 19.5 Å². The Morgan fingerprint density at radius 2 is 2.08 bits per heavy atom. The van der Waals surface area contributed by atoms with E-state index in [0.717, 1.165) is 11.3 Å². The van der Waals surface area contributed by atoms with Crippen LogP contribution in [0.5, 0.6) is 5.75 Å². The Balaban J connectivity index is 1.72. The van der Waals surface area contributed by atoms with Crippen LogP contribution in [-0.2, 0) is 6.42 Å². The molecule has 0 aliphatic carbocycles. The quantitative estimate of drug-likeness (QED) is 0.765. The molecule has 0 bridgehead atoms. The SMILES string of the molecule is COc1ccccc1C[C@H](C)N(C)C(=O)Nc1cccn2nc(C)nc12. The molecule has 0 spiro atoms. The molecule has 2 aromatic heterocycles. The number of aromatic nitrogens is 3. The molecule has 7 nitrogen and oxygen atoms in total. The number of methoxy groups -OCH3 is 1. The molecular formula is C19H23N5O2. The molecule has 2 amide bonds. The molecule has 0 radical (unpaired) electrons. The van der Waals surface area contributed by atoms with Crippen LogP contribution in [0, 0.1) is 6.92 Å². The lowest BCUT2D eigenvalue weighted by atomic mass is 10.1. The number of urea groups is 1. The number of carbonyl (C=O) groups is 1. The maximum Gasteiger partial charge on any atom is 0.321 e. The van der Waals surface area contributed by atoms with Crippen LogP contribution >= 0.6 is 0 Å². The third-order valence-corrected chi connectivity index (χ3v) is 4.40. The van der Waals surface area contributed by atoms with Crippen LogP contribution in [0.25, 0.3) is 5.65 Å². The summed E-state index contributed by atoms with van der Waals surface area (Å²) in [7, 11) is 3.44. The van der Waals surface area contributed by atoms with Gasteiger partial charge in [0.15, 0.2) is 5.65 Å². The molecule has 0 fully saturated rings. The van der Waals surface area contributed by atoms with E-state index in [4.69, 9.17) is 4.74 Å². The van der Waals surface area contributed by atoms with E-state index in [-0.39, 0.29) is 12.1 Å². The van der Waals surface area contributed by atoms with Gasteiger partial charge in [0.25, 0.3) is 0 Å². The fourth-order valence-electron chi connectivity index (χ4n) is 2.84. The van der Waals surface area contributed by atoms with Crippen LogP contribution < -0.4 is 10.1 Å². The standard InChI is InChI=1S/C19H23N5O2/c1-13(12-15-8-5-6-10-17(15)26-4)23(3)19(25)21-16-9-7-11-24-18(16)20-14(2)22-24/h5-11,13H,12H2,1-4H3,(H,21,25)/t13-/m0/s1. The number of para-hydroxylation sites is 1. The zero-order valence-electron chi connectivity index (χ0n) is 15.4. The van der Waals surface area contributed by atoms with Gasteiger partial charge in [-0.15, -0.1) is 0 Å². The highest BCUT2D eigenvalue weighted by Gasteiger charge is 2.19. The normalized spacial score (nSPS) is 12.0. The second-order valence-electron chi connectivity index (χ2n) is 6.26. The third kappa shape index (κ3) is 3.61. The van der Waals surface area contributed by atoms with Crippen LogP contribution in [0.2, 0.25) is 0 Å². The molecule has 0 saturated heterocycles. The molecule has 7 heteroatoms. The Bertz CT molecular complexity index is 921. The molecule has 1 N–H and O–H groups in total.